The Bertz CT molecular complexity index is 560. The molecule has 2 unspecified atom stereocenters. The Morgan fingerprint density at radius 1 is 1.50 bits per heavy atom. The van der Waals surface area contributed by atoms with Crippen molar-refractivity contribution < 1.29 is 17.0 Å². The number of rotatable bonds is 5. The Labute approximate surface area is 108 Å². The van der Waals surface area contributed by atoms with Gasteiger partial charge >= 0.3 is 0 Å². The second kappa shape index (κ2) is 5.77. The fourth-order valence-electron chi connectivity index (χ4n) is 1.16. The van der Waals surface area contributed by atoms with Crippen molar-refractivity contribution in [1.29, 1.82) is 0 Å². The van der Waals surface area contributed by atoms with Gasteiger partial charge in [0.2, 0.25) is 10.0 Å². The van der Waals surface area contributed by atoms with Crippen LogP contribution in [-0.4, -0.2) is 30.7 Å². The maximum Gasteiger partial charge on any atom is 0.243 e. The molecule has 0 amide bonds. The number of nitrogens with one attached hydrogen (secondary N) is 1. The zero-order valence-electron chi connectivity index (χ0n) is 10.0. The van der Waals surface area contributed by atoms with Crippen LogP contribution in [0.2, 0.25) is 0 Å². The Kier molecular flexibility index (Phi) is 4.83. The number of hydrogen-bond acceptors (Lipinski definition) is 4. The van der Waals surface area contributed by atoms with Crippen LogP contribution in [0.1, 0.15) is 6.92 Å². The summed E-state index contributed by atoms with van der Waals surface area (Å²) >= 11 is 0. The van der Waals surface area contributed by atoms with E-state index in [1.807, 2.05) is 0 Å². The highest BCUT2D eigenvalue weighted by molar-refractivity contribution is 7.89. The molecule has 0 spiro atoms. The highest BCUT2D eigenvalue weighted by Gasteiger charge is 2.20. The van der Waals surface area contributed by atoms with Crippen molar-refractivity contribution in [2.75, 3.05) is 18.5 Å². The fraction of sp³-hybridized carbons (Fsp3) is 0.400. The summed E-state index contributed by atoms with van der Waals surface area (Å²) < 4.78 is 50.4. The van der Waals surface area contributed by atoms with Gasteiger partial charge in [0.05, 0.1) is 0 Å². The number of nitrogens with two attached hydrogens (primary N) is 1. The van der Waals surface area contributed by atoms with Crippen LogP contribution in [0.4, 0.5) is 10.1 Å². The van der Waals surface area contributed by atoms with Crippen molar-refractivity contribution in [2.45, 2.75) is 17.1 Å². The lowest BCUT2D eigenvalue weighted by Crippen LogP contribution is -2.33. The maximum absolute atomic E-state index is 13.5. The summed E-state index contributed by atoms with van der Waals surface area (Å²) in [7, 11) is -5.10. The monoisotopic (exact) mass is 294 g/mol. The summed E-state index contributed by atoms with van der Waals surface area (Å²) in [5.41, 5.74) is 5.48. The van der Waals surface area contributed by atoms with Gasteiger partial charge in [0.15, 0.2) is 0 Å². The minimum atomic E-state index is -3.95. The lowest BCUT2D eigenvalue weighted by Gasteiger charge is -2.11. The normalized spacial score (nSPS) is 15.3. The minimum absolute atomic E-state index is 0.0186. The number of sulfonamides is 1. The van der Waals surface area contributed by atoms with E-state index in [4.69, 9.17) is 5.73 Å². The van der Waals surface area contributed by atoms with Crippen LogP contribution in [0.5, 0.6) is 0 Å². The van der Waals surface area contributed by atoms with Gasteiger partial charge in [-0.3, -0.25) is 4.21 Å². The third kappa shape index (κ3) is 3.76. The Hall–Kier alpha value is -0.990. The van der Waals surface area contributed by atoms with E-state index in [-0.39, 0.29) is 17.5 Å². The average Bonchev–Trinajstić information content (AvgIpc) is 2.25. The molecule has 0 aliphatic rings. The van der Waals surface area contributed by atoms with Crippen molar-refractivity contribution in [3.05, 3.63) is 24.0 Å². The maximum atomic E-state index is 13.5. The molecule has 0 aliphatic carbocycles. The fourth-order valence-corrected chi connectivity index (χ4v) is 2.77. The van der Waals surface area contributed by atoms with Crippen molar-refractivity contribution in [3.8, 4) is 0 Å². The molecule has 0 bridgehead atoms. The molecule has 5 nitrogen and oxygen atoms in total. The largest absolute Gasteiger partial charge is 0.399 e. The van der Waals surface area contributed by atoms with Gasteiger partial charge in [-0.15, -0.1) is 0 Å². The highest BCUT2D eigenvalue weighted by atomic mass is 32.2. The van der Waals surface area contributed by atoms with Crippen molar-refractivity contribution in [3.63, 3.8) is 0 Å². The number of anilines is 1. The van der Waals surface area contributed by atoms with Crippen molar-refractivity contribution >= 4 is 26.5 Å². The first-order valence-corrected chi connectivity index (χ1v) is 8.21. The standard InChI is InChI=1S/C10H15FN2O3S2/c1-7(17(2)14)6-13-18(15,16)10-4-3-8(12)5-9(10)11/h3-5,7,13H,6,12H2,1-2H3. The molecule has 0 radical (unpaired) electrons. The van der Waals surface area contributed by atoms with Gasteiger partial charge < -0.3 is 5.73 Å². The third-order valence-corrected chi connectivity index (χ3v) is 5.13. The topological polar surface area (TPSA) is 89.3 Å². The third-order valence-electron chi connectivity index (χ3n) is 2.37. The van der Waals surface area contributed by atoms with E-state index in [1.54, 1.807) is 6.92 Å². The Morgan fingerprint density at radius 3 is 2.61 bits per heavy atom. The number of nitrogen functional groups attached to an aromatic ring is 1. The number of halogens is 1. The van der Waals surface area contributed by atoms with Crippen LogP contribution in [0.25, 0.3) is 0 Å². The van der Waals surface area contributed by atoms with E-state index in [0.717, 1.165) is 12.1 Å². The van der Waals surface area contributed by atoms with Crippen LogP contribution < -0.4 is 10.5 Å². The van der Waals surface area contributed by atoms with E-state index in [9.17, 15) is 17.0 Å². The van der Waals surface area contributed by atoms with Gasteiger partial charge in [0.25, 0.3) is 0 Å². The molecule has 0 saturated carbocycles. The number of benzene rings is 1. The first-order valence-electron chi connectivity index (χ1n) is 5.11. The summed E-state index contributed by atoms with van der Waals surface area (Å²) in [5, 5.41) is -0.350. The van der Waals surface area contributed by atoms with Gasteiger partial charge in [-0.1, -0.05) is 0 Å². The molecule has 0 aliphatic heterocycles. The molecular weight excluding hydrogens is 279 g/mol. The van der Waals surface area contributed by atoms with Gasteiger partial charge in [-0.2, -0.15) is 0 Å². The molecule has 0 aromatic heterocycles. The zero-order chi connectivity index (χ0) is 13.9. The van der Waals surface area contributed by atoms with Gasteiger partial charge in [-0.25, -0.2) is 17.5 Å². The Balaban J connectivity index is 2.90. The van der Waals surface area contributed by atoms with Gasteiger partial charge in [0, 0.05) is 34.5 Å². The van der Waals surface area contributed by atoms with Crippen LogP contribution in [0.3, 0.4) is 0 Å². The zero-order valence-corrected chi connectivity index (χ0v) is 11.6. The van der Waals surface area contributed by atoms with Crippen LogP contribution >= 0.6 is 0 Å². The van der Waals surface area contributed by atoms with Gasteiger partial charge in [0.1, 0.15) is 10.7 Å². The molecular formula is C10H15FN2O3S2. The SMILES string of the molecule is CC(CNS(=O)(=O)c1ccc(N)cc1F)S(C)=O. The minimum Gasteiger partial charge on any atom is -0.399 e. The molecule has 8 heteroatoms. The molecule has 0 fully saturated rings. The second-order valence-electron chi connectivity index (χ2n) is 3.85. The quantitative estimate of drug-likeness (QED) is 0.772. The smallest absolute Gasteiger partial charge is 0.243 e. The molecule has 1 aromatic carbocycles. The predicted octanol–water partition coefficient (Wildman–Crippen LogP) is 0.453. The van der Waals surface area contributed by atoms with Crippen molar-refractivity contribution in [2.24, 2.45) is 0 Å². The molecule has 1 aromatic rings. The van der Waals surface area contributed by atoms with Crippen LogP contribution in [-0.2, 0) is 20.8 Å². The summed E-state index contributed by atoms with van der Waals surface area (Å²) in [4.78, 5) is -0.467. The first kappa shape index (κ1) is 15.1. The van der Waals surface area contributed by atoms with Crippen molar-refractivity contribution in [1.82, 2.24) is 4.72 Å². The van der Waals surface area contributed by atoms with E-state index >= 15 is 0 Å². The summed E-state index contributed by atoms with van der Waals surface area (Å²) in [6, 6.07) is 3.34. The highest BCUT2D eigenvalue weighted by Crippen LogP contribution is 2.16. The van der Waals surface area contributed by atoms with E-state index in [1.165, 1.54) is 12.3 Å². The summed E-state index contributed by atoms with van der Waals surface area (Å²) in [5.74, 6) is -0.909. The summed E-state index contributed by atoms with van der Waals surface area (Å²) in [6.45, 7) is 1.62. The predicted molar refractivity (Wildman–Crippen MR) is 69.5 cm³/mol. The van der Waals surface area contributed by atoms with Crippen LogP contribution in [0.15, 0.2) is 23.1 Å². The molecule has 1 rings (SSSR count). The first-order chi connectivity index (χ1) is 8.24. The van der Waals surface area contributed by atoms with E-state index in [2.05, 4.69) is 4.72 Å². The van der Waals surface area contributed by atoms with Crippen LogP contribution in [0, 0.1) is 5.82 Å². The average molecular weight is 294 g/mol. The van der Waals surface area contributed by atoms with Gasteiger partial charge in [-0.05, 0) is 25.1 Å². The lowest BCUT2D eigenvalue weighted by atomic mass is 10.3. The lowest BCUT2D eigenvalue weighted by molar-refractivity contribution is 0.557. The molecule has 102 valence electrons. The number of hydrogen-bond donors (Lipinski definition) is 2. The molecule has 3 N–H and O–H groups in total. The second-order valence-corrected chi connectivity index (χ2v) is 7.39. The molecule has 0 heterocycles. The molecule has 2 atom stereocenters. The molecule has 0 saturated heterocycles. The van der Waals surface area contributed by atoms with E-state index in [0.29, 0.717) is 0 Å². The Morgan fingerprint density at radius 2 is 2.11 bits per heavy atom. The molecule has 18 heavy (non-hydrogen) atoms. The summed E-state index contributed by atoms with van der Waals surface area (Å²) in [6.07, 6.45) is 1.47. The van der Waals surface area contributed by atoms with E-state index < -0.39 is 31.5 Å².